The van der Waals surface area contributed by atoms with Crippen LogP contribution in [0.4, 0.5) is 0 Å². The predicted molar refractivity (Wildman–Crippen MR) is 105 cm³/mol. The van der Waals surface area contributed by atoms with Crippen LogP contribution in [-0.4, -0.2) is 39.3 Å². The van der Waals surface area contributed by atoms with Crippen LogP contribution in [0, 0.1) is 13.8 Å². The number of rotatable bonds is 6. The van der Waals surface area contributed by atoms with Gasteiger partial charge in [-0.3, -0.25) is 4.99 Å². The number of aliphatic imine (C=N–C) groups is 1. The van der Waals surface area contributed by atoms with Crippen LogP contribution in [0.1, 0.15) is 28.3 Å². The van der Waals surface area contributed by atoms with Crippen molar-refractivity contribution in [3.8, 4) is 0 Å². The van der Waals surface area contributed by atoms with Crippen molar-refractivity contribution < 1.29 is 0 Å². The van der Waals surface area contributed by atoms with Crippen molar-refractivity contribution in [2.24, 2.45) is 4.99 Å². The molecule has 0 fully saturated rings. The molecule has 23 heavy (non-hydrogen) atoms. The first kappa shape index (κ1) is 19.8. The van der Waals surface area contributed by atoms with Gasteiger partial charge in [0.2, 0.25) is 0 Å². The van der Waals surface area contributed by atoms with Crippen LogP contribution in [0.3, 0.4) is 0 Å². The van der Waals surface area contributed by atoms with Gasteiger partial charge >= 0.3 is 0 Å². The van der Waals surface area contributed by atoms with E-state index in [1.165, 1.54) is 4.88 Å². The number of nitrogens with zero attached hydrogens (tertiary/aromatic N) is 5. The molecule has 2 aromatic heterocycles. The second-order valence-corrected chi connectivity index (χ2v) is 6.17. The lowest BCUT2D eigenvalue weighted by atomic mass is 10.4. The Morgan fingerprint density at radius 2 is 2.13 bits per heavy atom. The fourth-order valence-corrected chi connectivity index (χ4v) is 2.93. The summed E-state index contributed by atoms with van der Waals surface area (Å²) < 4.78 is 2.00. The topological polar surface area (TPSA) is 80.0 Å². The number of halogens is 1. The van der Waals surface area contributed by atoms with E-state index in [2.05, 4.69) is 44.7 Å². The van der Waals surface area contributed by atoms with Crippen molar-refractivity contribution >= 4 is 41.3 Å². The van der Waals surface area contributed by atoms with Crippen molar-refractivity contribution in [3.63, 3.8) is 0 Å². The highest BCUT2D eigenvalue weighted by Gasteiger charge is 2.06. The molecule has 0 aliphatic rings. The highest BCUT2D eigenvalue weighted by atomic mass is 127. The van der Waals surface area contributed by atoms with Crippen LogP contribution in [0.2, 0.25) is 0 Å². The van der Waals surface area contributed by atoms with E-state index in [4.69, 9.17) is 0 Å². The Morgan fingerprint density at radius 1 is 1.35 bits per heavy atom. The number of nitrogens with one attached hydrogen (secondary N) is 2. The molecule has 7 nitrogen and oxygen atoms in total. The SMILES string of the molecule is CCn1cnnc1CNC(=NC)NCCc1nc(C)c(C)s1.I. The Bertz CT molecular complexity index is 615. The maximum Gasteiger partial charge on any atom is 0.191 e. The fourth-order valence-electron chi connectivity index (χ4n) is 2.00. The Labute approximate surface area is 158 Å². The van der Waals surface area contributed by atoms with E-state index in [0.29, 0.717) is 6.54 Å². The molecule has 0 bridgehead atoms. The molecule has 128 valence electrons. The molecule has 2 rings (SSSR count). The Kier molecular flexibility index (Phi) is 8.45. The minimum absolute atomic E-state index is 0. The zero-order valence-corrected chi connectivity index (χ0v) is 17.1. The lowest BCUT2D eigenvalue weighted by Crippen LogP contribution is -2.38. The van der Waals surface area contributed by atoms with Gasteiger partial charge in [-0.05, 0) is 20.8 Å². The minimum atomic E-state index is 0. The van der Waals surface area contributed by atoms with Crippen LogP contribution in [0.25, 0.3) is 0 Å². The third kappa shape index (κ3) is 5.72. The van der Waals surface area contributed by atoms with Gasteiger partial charge in [-0.2, -0.15) is 0 Å². The molecule has 0 spiro atoms. The molecule has 0 unspecified atom stereocenters. The van der Waals surface area contributed by atoms with Crippen LogP contribution in [0.15, 0.2) is 11.3 Å². The number of hydrogen-bond acceptors (Lipinski definition) is 5. The zero-order valence-electron chi connectivity index (χ0n) is 14.0. The van der Waals surface area contributed by atoms with E-state index in [0.717, 1.165) is 42.0 Å². The van der Waals surface area contributed by atoms with E-state index in [9.17, 15) is 0 Å². The summed E-state index contributed by atoms with van der Waals surface area (Å²) in [5.74, 6) is 1.66. The van der Waals surface area contributed by atoms with Crippen molar-refractivity contribution in [2.75, 3.05) is 13.6 Å². The molecule has 0 saturated carbocycles. The minimum Gasteiger partial charge on any atom is -0.356 e. The van der Waals surface area contributed by atoms with Crippen molar-refractivity contribution in [3.05, 3.63) is 27.7 Å². The fraction of sp³-hybridized carbons (Fsp3) is 0.571. The van der Waals surface area contributed by atoms with E-state index >= 15 is 0 Å². The summed E-state index contributed by atoms with van der Waals surface area (Å²) in [5, 5.41) is 15.7. The van der Waals surface area contributed by atoms with E-state index in [1.807, 2.05) is 11.5 Å². The summed E-state index contributed by atoms with van der Waals surface area (Å²) >= 11 is 1.76. The predicted octanol–water partition coefficient (Wildman–Crippen LogP) is 1.90. The summed E-state index contributed by atoms with van der Waals surface area (Å²) in [6.07, 6.45) is 2.63. The summed E-state index contributed by atoms with van der Waals surface area (Å²) in [6.45, 7) is 8.48. The van der Waals surface area contributed by atoms with Gasteiger partial charge < -0.3 is 15.2 Å². The normalized spacial score (nSPS) is 11.2. The Balaban J connectivity index is 0.00000264. The van der Waals surface area contributed by atoms with Gasteiger partial charge in [0.1, 0.15) is 6.33 Å². The van der Waals surface area contributed by atoms with Crippen LogP contribution >= 0.6 is 35.3 Å². The molecule has 0 amide bonds. The molecule has 2 N–H and O–H groups in total. The summed E-state index contributed by atoms with van der Waals surface area (Å²) in [4.78, 5) is 10.0. The number of guanidine groups is 1. The number of thiazole rings is 1. The van der Waals surface area contributed by atoms with E-state index in [-0.39, 0.29) is 24.0 Å². The molecule has 0 atom stereocenters. The second kappa shape index (κ2) is 9.81. The average molecular weight is 449 g/mol. The highest BCUT2D eigenvalue weighted by molar-refractivity contribution is 14.0. The van der Waals surface area contributed by atoms with E-state index in [1.54, 1.807) is 24.7 Å². The molecule has 0 aliphatic carbocycles. The van der Waals surface area contributed by atoms with Gasteiger partial charge in [-0.25, -0.2) is 4.98 Å². The lowest BCUT2D eigenvalue weighted by Gasteiger charge is -2.11. The first-order chi connectivity index (χ1) is 10.6. The molecule has 2 aromatic rings. The maximum absolute atomic E-state index is 4.54. The molecule has 2 heterocycles. The maximum atomic E-state index is 4.54. The summed E-state index contributed by atoms with van der Waals surface area (Å²) in [6, 6.07) is 0. The quantitative estimate of drug-likeness (QED) is 0.400. The lowest BCUT2D eigenvalue weighted by molar-refractivity contribution is 0.669. The van der Waals surface area contributed by atoms with Gasteiger partial charge in [-0.15, -0.1) is 45.5 Å². The summed E-state index contributed by atoms with van der Waals surface area (Å²) in [5.41, 5.74) is 1.13. The Hall–Kier alpha value is -1.23. The standard InChI is InChI=1S/C14H23N7S.HI/c1-5-21-9-18-20-12(21)8-17-14(15-4)16-7-6-13-19-10(2)11(3)22-13;/h9H,5-8H2,1-4H3,(H2,15,16,17);1H. The monoisotopic (exact) mass is 449 g/mol. The molecule has 0 saturated heterocycles. The van der Waals surface area contributed by atoms with Crippen molar-refractivity contribution in [2.45, 2.75) is 40.3 Å². The molecule has 0 aromatic carbocycles. The number of hydrogen-bond donors (Lipinski definition) is 2. The third-order valence-electron chi connectivity index (χ3n) is 3.38. The first-order valence-electron chi connectivity index (χ1n) is 7.38. The Morgan fingerprint density at radius 3 is 2.74 bits per heavy atom. The van der Waals surface area contributed by atoms with Crippen LogP contribution in [-0.2, 0) is 19.5 Å². The van der Waals surface area contributed by atoms with Gasteiger partial charge in [-0.1, -0.05) is 0 Å². The highest BCUT2D eigenvalue weighted by Crippen LogP contribution is 2.16. The number of aryl methyl sites for hydroxylation is 3. The molecular weight excluding hydrogens is 425 g/mol. The second-order valence-electron chi connectivity index (χ2n) is 4.88. The van der Waals surface area contributed by atoms with Gasteiger partial charge in [0.25, 0.3) is 0 Å². The first-order valence-corrected chi connectivity index (χ1v) is 8.19. The molecule has 0 radical (unpaired) electrons. The van der Waals surface area contributed by atoms with Gasteiger partial charge in [0, 0.05) is 31.4 Å². The smallest absolute Gasteiger partial charge is 0.191 e. The zero-order chi connectivity index (χ0) is 15.9. The molecule has 9 heteroatoms. The van der Waals surface area contributed by atoms with E-state index < -0.39 is 0 Å². The summed E-state index contributed by atoms with van der Waals surface area (Å²) in [7, 11) is 1.76. The van der Waals surface area contributed by atoms with Crippen molar-refractivity contribution in [1.29, 1.82) is 0 Å². The van der Waals surface area contributed by atoms with Gasteiger partial charge in [0.05, 0.1) is 17.2 Å². The van der Waals surface area contributed by atoms with Crippen molar-refractivity contribution in [1.82, 2.24) is 30.4 Å². The molecular formula is C14H24IN7S. The molecule has 0 aliphatic heterocycles. The third-order valence-corrected chi connectivity index (χ3v) is 4.51. The number of aromatic nitrogens is 4. The average Bonchev–Trinajstić information content (AvgIpc) is 3.09. The van der Waals surface area contributed by atoms with Crippen LogP contribution in [0.5, 0.6) is 0 Å². The van der Waals surface area contributed by atoms with Crippen LogP contribution < -0.4 is 10.6 Å². The van der Waals surface area contributed by atoms with Gasteiger partial charge in [0.15, 0.2) is 11.8 Å². The largest absolute Gasteiger partial charge is 0.356 e.